The average Bonchev–Trinajstić information content (AvgIpc) is 2.37. The second kappa shape index (κ2) is 7.66. The molecule has 0 bridgehead atoms. The zero-order chi connectivity index (χ0) is 16.0. The number of hydrogen-bond acceptors (Lipinski definition) is 3. The molecule has 0 aliphatic carbocycles. The van der Waals surface area contributed by atoms with E-state index in [-0.39, 0.29) is 17.9 Å². The van der Waals surface area contributed by atoms with Gasteiger partial charge in [-0.25, -0.2) is 0 Å². The van der Waals surface area contributed by atoms with E-state index in [2.05, 4.69) is 5.32 Å². The van der Waals surface area contributed by atoms with E-state index in [0.717, 1.165) is 0 Å². The number of rotatable bonds is 7. The van der Waals surface area contributed by atoms with Crippen LogP contribution in [0.4, 0.5) is 0 Å². The van der Waals surface area contributed by atoms with Gasteiger partial charge in [-0.1, -0.05) is 18.5 Å². The Kier molecular flexibility index (Phi) is 6.49. The Morgan fingerprint density at radius 3 is 2.43 bits per heavy atom. The lowest BCUT2D eigenvalue weighted by atomic mass is 10.0. The van der Waals surface area contributed by atoms with E-state index >= 15 is 0 Å². The van der Waals surface area contributed by atoms with Crippen LogP contribution in [0.3, 0.4) is 0 Å². The molecule has 0 aromatic heterocycles. The van der Waals surface area contributed by atoms with E-state index in [1.165, 1.54) is 0 Å². The molecule has 0 fully saturated rings. The maximum absolute atomic E-state index is 12.2. The molecule has 0 saturated carbocycles. The van der Waals surface area contributed by atoms with Gasteiger partial charge in [-0.15, -0.1) is 0 Å². The standard InChI is InChI=1S/C16H24ClNO3/c1-11(9-12(2)19)10-18-15(20)16(3,4)21-14-7-5-13(17)6-8-14/h5-8,11-12,19H,9-10H2,1-4H3,(H,18,20)/t11-,12-/m1/s1. The van der Waals surface area contributed by atoms with Crippen molar-refractivity contribution in [1.29, 1.82) is 0 Å². The predicted molar refractivity (Wildman–Crippen MR) is 84.6 cm³/mol. The first-order valence-electron chi connectivity index (χ1n) is 7.11. The monoisotopic (exact) mass is 313 g/mol. The Balaban J connectivity index is 2.52. The number of amides is 1. The second-order valence-electron chi connectivity index (χ2n) is 5.97. The van der Waals surface area contributed by atoms with Crippen LogP contribution in [-0.4, -0.2) is 29.3 Å². The summed E-state index contributed by atoms with van der Waals surface area (Å²) in [5.74, 6) is 0.617. The Hall–Kier alpha value is -1.26. The SMILES string of the molecule is C[C@@H](CNC(=O)C(C)(C)Oc1ccc(Cl)cc1)C[C@@H](C)O. The van der Waals surface area contributed by atoms with Crippen molar-refractivity contribution in [3.63, 3.8) is 0 Å². The third-order valence-corrected chi connectivity index (χ3v) is 3.34. The number of nitrogens with one attached hydrogen (secondary N) is 1. The van der Waals surface area contributed by atoms with E-state index < -0.39 is 5.60 Å². The van der Waals surface area contributed by atoms with Crippen molar-refractivity contribution in [3.8, 4) is 5.75 Å². The minimum atomic E-state index is -0.974. The number of halogens is 1. The summed E-state index contributed by atoms with van der Waals surface area (Å²) in [7, 11) is 0. The second-order valence-corrected chi connectivity index (χ2v) is 6.40. The normalized spacial score (nSPS) is 14.4. The number of carbonyl (C=O) groups is 1. The van der Waals surface area contributed by atoms with E-state index in [1.807, 2.05) is 6.92 Å². The van der Waals surface area contributed by atoms with E-state index in [4.69, 9.17) is 16.3 Å². The van der Waals surface area contributed by atoms with Crippen LogP contribution in [0.5, 0.6) is 5.75 Å². The summed E-state index contributed by atoms with van der Waals surface area (Å²) < 4.78 is 5.71. The van der Waals surface area contributed by atoms with Gasteiger partial charge in [0.1, 0.15) is 5.75 Å². The summed E-state index contributed by atoms with van der Waals surface area (Å²) in [4.78, 5) is 12.2. The summed E-state index contributed by atoms with van der Waals surface area (Å²) in [6.07, 6.45) is 0.286. The molecule has 0 aliphatic heterocycles. The average molecular weight is 314 g/mol. The van der Waals surface area contributed by atoms with Gasteiger partial charge in [0, 0.05) is 11.6 Å². The molecule has 2 atom stereocenters. The summed E-state index contributed by atoms with van der Waals surface area (Å²) in [6, 6.07) is 6.89. The first-order valence-corrected chi connectivity index (χ1v) is 7.49. The predicted octanol–water partition coefficient (Wildman–Crippen LogP) is 3.02. The summed E-state index contributed by atoms with van der Waals surface area (Å²) in [5.41, 5.74) is -0.974. The van der Waals surface area contributed by atoms with Crippen LogP contribution >= 0.6 is 11.6 Å². The van der Waals surface area contributed by atoms with E-state index in [0.29, 0.717) is 23.7 Å². The highest BCUT2D eigenvalue weighted by atomic mass is 35.5. The molecule has 118 valence electrons. The summed E-state index contributed by atoms with van der Waals surface area (Å²) >= 11 is 5.82. The van der Waals surface area contributed by atoms with Crippen LogP contribution in [0, 0.1) is 5.92 Å². The molecule has 0 saturated heterocycles. The minimum absolute atomic E-state index is 0.185. The molecule has 1 amide bonds. The number of benzene rings is 1. The fourth-order valence-corrected chi connectivity index (χ4v) is 2.12. The number of carbonyl (C=O) groups excluding carboxylic acids is 1. The van der Waals surface area contributed by atoms with Gasteiger partial charge < -0.3 is 15.2 Å². The molecule has 0 spiro atoms. The molecule has 0 heterocycles. The van der Waals surface area contributed by atoms with Gasteiger partial charge in [0.2, 0.25) is 0 Å². The first kappa shape index (κ1) is 17.8. The van der Waals surface area contributed by atoms with Gasteiger partial charge in [-0.05, 0) is 57.4 Å². The zero-order valence-corrected chi connectivity index (χ0v) is 13.8. The van der Waals surface area contributed by atoms with Crippen molar-refractivity contribution < 1.29 is 14.6 Å². The minimum Gasteiger partial charge on any atom is -0.478 e. The van der Waals surface area contributed by atoms with Crippen LogP contribution in [0.2, 0.25) is 5.02 Å². The molecule has 2 N–H and O–H groups in total. The maximum atomic E-state index is 12.2. The van der Waals surface area contributed by atoms with Crippen molar-refractivity contribution in [3.05, 3.63) is 29.3 Å². The Labute approximate surface area is 131 Å². The van der Waals surface area contributed by atoms with Crippen LogP contribution in [0.1, 0.15) is 34.1 Å². The Morgan fingerprint density at radius 2 is 1.90 bits per heavy atom. The molecular formula is C16H24ClNO3. The van der Waals surface area contributed by atoms with Gasteiger partial charge >= 0.3 is 0 Å². The topological polar surface area (TPSA) is 58.6 Å². The molecule has 0 aliphatic rings. The number of ether oxygens (including phenoxy) is 1. The molecule has 21 heavy (non-hydrogen) atoms. The first-order chi connectivity index (χ1) is 9.70. The van der Waals surface area contributed by atoms with Crippen molar-refractivity contribution in [2.24, 2.45) is 5.92 Å². The fourth-order valence-electron chi connectivity index (χ4n) is 1.99. The molecule has 4 nitrogen and oxygen atoms in total. The molecule has 1 aromatic rings. The molecule has 0 radical (unpaired) electrons. The highest BCUT2D eigenvalue weighted by molar-refractivity contribution is 6.30. The Morgan fingerprint density at radius 1 is 1.33 bits per heavy atom. The smallest absolute Gasteiger partial charge is 0.263 e. The third kappa shape index (κ3) is 6.36. The quantitative estimate of drug-likeness (QED) is 0.813. The van der Waals surface area contributed by atoms with Gasteiger partial charge in [0.25, 0.3) is 5.91 Å². The van der Waals surface area contributed by atoms with Gasteiger partial charge in [-0.3, -0.25) is 4.79 Å². The Bertz CT molecular complexity index is 457. The number of aliphatic hydroxyl groups excluding tert-OH is 1. The largest absolute Gasteiger partial charge is 0.478 e. The molecule has 5 heteroatoms. The van der Waals surface area contributed by atoms with Gasteiger partial charge in [0.05, 0.1) is 6.10 Å². The van der Waals surface area contributed by atoms with Crippen LogP contribution < -0.4 is 10.1 Å². The molecular weight excluding hydrogens is 290 g/mol. The maximum Gasteiger partial charge on any atom is 0.263 e. The highest BCUT2D eigenvalue weighted by Crippen LogP contribution is 2.21. The van der Waals surface area contributed by atoms with Crippen molar-refractivity contribution in [2.45, 2.75) is 45.8 Å². The molecule has 1 rings (SSSR count). The lowest BCUT2D eigenvalue weighted by Crippen LogP contribution is -2.47. The van der Waals surface area contributed by atoms with Gasteiger partial charge in [-0.2, -0.15) is 0 Å². The lowest BCUT2D eigenvalue weighted by molar-refractivity contribution is -0.134. The van der Waals surface area contributed by atoms with Gasteiger partial charge in [0.15, 0.2) is 5.60 Å². The lowest BCUT2D eigenvalue weighted by Gasteiger charge is -2.26. The van der Waals surface area contributed by atoms with Crippen molar-refractivity contribution in [1.82, 2.24) is 5.32 Å². The summed E-state index contributed by atoms with van der Waals surface area (Å²) in [6.45, 7) is 7.68. The highest BCUT2D eigenvalue weighted by Gasteiger charge is 2.30. The third-order valence-electron chi connectivity index (χ3n) is 3.09. The van der Waals surface area contributed by atoms with Crippen LogP contribution in [0.25, 0.3) is 0 Å². The number of aliphatic hydroxyl groups is 1. The zero-order valence-electron chi connectivity index (χ0n) is 13.0. The van der Waals surface area contributed by atoms with Crippen molar-refractivity contribution >= 4 is 17.5 Å². The fraction of sp³-hybridized carbons (Fsp3) is 0.562. The molecule has 0 unspecified atom stereocenters. The van der Waals surface area contributed by atoms with Crippen LogP contribution in [0.15, 0.2) is 24.3 Å². The number of hydrogen-bond donors (Lipinski definition) is 2. The van der Waals surface area contributed by atoms with E-state index in [9.17, 15) is 9.90 Å². The van der Waals surface area contributed by atoms with E-state index in [1.54, 1.807) is 45.0 Å². The summed E-state index contributed by atoms with van der Waals surface area (Å²) in [5, 5.41) is 12.8. The van der Waals surface area contributed by atoms with Crippen LogP contribution in [-0.2, 0) is 4.79 Å². The molecule has 1 aromatic carbocycles. The van der Waals surface area contributed by atoms with Crippen molar-refractivity contribution in [2.75, 3.05) is 6.54 Å².